The summed E-state index contributed by atoms with van der Waals surface area (Å²) in [7, 11) is 1.82. The van der Waals surface area contributed by atoms with E-state index in [0.29, 0.717) is 22.6 Å². The first kappa shape index (κ1) is 17.0. The van der Waals surface area contributed by atoms with Gasteiger partial charge < -0.3 is 10.6 Å². The molecule has 7 nitrogen and oxygen atoms in total. The smallest absolute Gasteiger partial charge is 0.263 e. The van der Waals surface area contributed by atoms with Gasteiger partial charge in [-0.2, -0.15) is 5.10 Å². The van der Waals surface area contributed by atoms with Crippen LogP contribution >= 0.6 is 0 Å². The Hall–Kier alpha value is -3.48. The molecule has 0 unspecified atom stereocenters. The van der Waals surface area contributed by atoms with Crippen molar-refractivity contribution in [3.8, 4) is 11.4 Å². The monoisotopic (exact) mass is 360 g/mol. The van der Waals surface area contributed by atoms with Crippen molar-refractivity contribution in [2.45, 2.75) is 19.9 Å². The summed E-state index contributed by atoms with van der Waals surface area (Å²) in [4.78, 5) is 23.8. The van der Waals surface area contributed by atoms with Crippen LogP contribution in [-0.2, 0) is 7.05 Å². The van der Waals surface area contributed by atoms with Crippen LogP contribution in [0.5, 0.6) is 0 Å². The van der Waals surface area contributed by atoms with Gasteiger partial charge in [0.25, 0.3) is 5.91 Å². The highest BCUT2D eigenvalue weighted by Crippen LogP contribution is 2.38. The van der Waals surface area contributed by atoms with Gasteiger partial charge in [0.1, 0.15) is 17.1 Å². The molecule has 0 bridgehead atoms. The number of aromatic nitrogens is 4. The van der Waals surface area contributed by atoms with Crippen molar-refractivity contribution in [3.63, 3.8) is 0 Å². The van der Waals surface area contributed by atoms with Gasteiger partial charge in [-0.3, -0.25) is 9.48 Å². The Kier molecular flexibility index (Phi) is 3.99. The lowest BCUT2D eigenvalue weighted by molar-refractivity contribution is 0.0822. The molecule has 7 heteroatoms. The van der Waals surface area contributed by atoms with Crippen LogP contribution in [0.15, 0.2) is 42.6 Å². The molecule has 0 saturated carbocycles. The highest BCUT2D eigenvalue weighted by atomic mass is 16.2. The quantitative estimate of drug-likeness (QED) is 0.776. The standard InChI is InChI=1S/C20H20N6O/c1-12(2)26-15(11-13-7-5-4-6-8-13)18-16(19(26)27)17(22-20(21)23-18)14-9-10-25(3)24-14/h4-12H,1-3H3,(H2,21,22,23)/b15-11+. The molecule has 0 aliphatic carbocycles. The maximum atomic E-state index is 13.3. The lowest BCUT2D eigenvalue weighted by Crippen LogP contribution is -2.30. The summed E-state index contributed by atoms with van der Waals surface area (Å²) in [6.07, 6.45) is 3.76. The number of fused-ring (bicyclic) bond motifs is 1. The van der Waals surface area contributed by atoms with Gasteiger partial charge in [-0.15, -0.1) is 0 Å². The van der Waals surface area contributed by atoms with E-state index < -0.39 is 0 Å². The van der Waals surface area contributed by atoms with E-state index in [9.17, 15) is 4.79 Å². The minimum Gasteiger partial charge on any atom is -0.368 e. The molecule has 2 aromatic heterocycles. The number of aryl methyl sites for hydroxylation is 1. The third kappa shape index (κ3) is 2.87. The summed E-state index contributed by atoms with van der Waals surface area (Å²) < 4.78 is 1.67. The second kappa shape index (κ2) is 6.35. The van der Waals surface area contributed by atoms with Crippen LogP contribution in [0.25, 0.3) is 23.2 Å². The molecule has 0 saturated heterocycles. The predicted molar refractivity (Wildman–Crippen MR) is 104 cm³/mol. The molecular formula is C20H20N6O. The molecule has 3 aromatic rings. The summed E-state index contributed by atoms with van der Waals surface area (Å²) in [5.41, 5.74) is 9.74. The van der Waals surface area contributed by atoms with Crippen molar-refractivity contribution in [3.05, 3.63) is 59.4 Å². The first-order chi connectivity index (χ1) is 13.0. The maximum absolute atomic E-state index is 13.3. The lowest BCUT2D eigenvalue weighted by Gasteiger charge is -2.22. The van der Waals surface area contributed by atoms with E-state index in [1.165, 1.54) is 0 Å². The van der Waals surface area contributed by atoms with Gasteiger partial charge in [-0.1, -0.05) is 30.3 Å². The molecule has 0 spiro atoms. The van der Waals surface area contributed by atoms with Gasteiger partial charge >= 0.3 is 0 Å². The van der Waals surface area contributed by atoms with Crippen molar-refractivity contribution in [2.75, 3.05) is 5.73 Å². The normalized spacial score (nSPS) is 15.0. The Labute approximate surface area is 157 Å². The molecule has 0 fully saturated rings. The Morgan fingerprint density at radius 2 is 1.78 bits per heavy atom. The van der Waals surface area contributed by atoms with E-state index in [1.54, 1.807) is 15.8 Å². The fourth-order valence-electron chi connectivity index (χ4n) is 3.29. The zero-order chi connectivity index (χ0) is 19.1. The second-order valence-electron chi connectivity index (χ2n) is 6.74. The molecule has 1 aliphatic rings. The van der Waals surface area contributed by atoms with Crippen LogP contribution in [-0.4, -0.2) is 36.6 Å². The number of carbonyl (C=O) groups is 1. The van der Waals surface area contributed by atoms with Gasteiger partial charge in [-0.05, 0) is 31.6 Å². The summed E-state index contributed by atoms with van der Waals surface area (Å²) in [5, 5.41) is 4.39. The van der Waals surface area contributed by atoms with Crippen LogP contribution in [0.4, 0.5) is 5.95 Å². The number of benzene rings is 1. The minimum absolute atomic E-state index is 0.0422. The van der Waals surface area contributed by atoms with Gasteiger partial charge in [0.2, 0.25) is 5.95 Å². The number of nitrogens with two attached hydrogens (primary N) is 1. The number of carbonyl (C=O) groups excluding carboxylic acids is 1. The molecule has 27 heavy (non-hydrogen) atoms. The summed E-state index contributed by atoms with van der Waals surface area (Å²) in [5.74, 6) is -0.0189. The highest BCUT2D eigenvalue weighted by Gasteiger charge is 2.39. The van der Waals surface area contributed by atoms with E-state index >= 15 is 0 Å². The van der Waals surface area contributed by atoms with Crippen LogP contribution in [0.2, 0.25) is 0 Å². The molecule has 1 aromatic carbocycles. The van der Waals surface area contributed by atoms with Crippen LogP contribution in [0, 0.1) is 0 Å². The average Bonchev–Trinajstić information content (AvgIpc) is 3.17. The molecule has 136 valence electrons. The first-order valence-electron chi connectivity index (χ1n) is 8.74. The van der Waals surface area contributed by atoms with Gasteiger partial charge in [0.05, 0.1) is 11.3 Å². The minimum atomic E-state index is -0.136. The van der Waals surface area contributed by atoms with E-state index in [2.05, 4.69) is 15.1 Å². The Balaban J connectivity index is 1.97. The fraction of sp³-hybridized carbons (Fsp3) is 0.200. The van der Waals surface area contributed by atoms with E-state index in [-0.39, 0.29) is 17.9 Å². The average molecular weight is 360 g/mol. The molecule has 2 N–H and O–H groups in total. The number of nitrogens with zero attached hydrogens (tertiary/aromatic N) is 5. The first-order valence-corrected chi connectivity index (χ1v) is 8.74. The Morgan fingerprint density at radius 1 is 1.07 bits per heavy atom. The zero-order valence-electron chi connectivity index (χ0n) is 15.4. The second-order valence-corrected chi connectivity index (χ2v) is 6.74. The summed E-state index contributed by atoms with van der Waals surface area (Å²) in [6, 6.07) is 11.6. The predicted octanol–water partition coefficient (Wildman–Crippen LogP) is 2.82. The van der Waals surface area contributed by atoms with E-state index in [1.807, 2.05) is 63.4 Å². The summed E-state index contributed by atoms with van der Waals surface area (Å²) >= 11 is 0. The van der Waals surface area contributed by atoms with Gasteiger partial charge in [0.15, 0.2) is 0 Å². The zero-order valence-corrected chi connectivity index (χ0v) is 15.4. The van der Waals surface area contributed by atoms with E-state index in [4.69, 9.17) is 5.73 Å². The Morgan fingerprint density at radius 3 is 2.41 bits per heavy atom. The lowest BCUT2D eigenvalue weighted by atomic mass is 10.1. The largest absolute Gasteiger partial charge is 0.368 e. The topological polar surface area (TPSA) is 89.9 Å². The number of rotatable bonds is 3. The maximum Gasteiger partial charge on any atom is 0.263 e. The summed E-state index contributed by atoms with van der Waals surface area (Å²) in [6.45, 7) is 3.94. The van der Waals surface area contributed by atoms with Gasteiger partial charge in [0, 0.05) is 19.3 Å². The van der Waals surface area contributed by atoms with Crippen molar-refractivity contribution in [1.82, 2.24) is 24.6 Å². The van der Waals surface area contributed by atoms with Crippen molar-refractivity contribution >= 4 is 23.6 Å². The molecule has 1 amide bonds. The third-order valence-electron chi connectivity index (χ3n) is 4.44. The van der Waals surface area contributed by atoms with Crippen molar-refractivity contribution in [2.24, 2.45) is 7.05 Å². The van der Waals surface area contributed by atoms with Crippen molar-refractivity contribution in [1.29, 1.82) is 0 Å². The Bertz CT molecular complexity index is 1050. The molecular weight excluding hydrogens is 340 g/mol. The van der Waals surface area contributed by atoms with Crippen LogP contribution in [0.3, 0.4) is 0 Å². The molecule has 4 rings (SSSR count). The molecule has 0 radical (unpaired) electrons. The van der Waals surface area contributed by atoms with Crippen molar-refractivity contribution < 1.29 is 4.79 Å². The SMILES string of the molecule is CC(C)N1C(=O)c2c(nc(N)nc2-c2ccn(C)n2)/C1=C\c1ccccc1. The van der Waals surface area contributed by atoms with Gasteiger partial charge in [-0.25, -0.2) is 9.97 Å². The number of hydrogen-bond donors (Lipinski definition) is 1. The third-order valence-corrected chi connectivity index (χ3v) is 4.44. The molecule has 3 heterocycles. The number of anilines is 1. The number of hydrogen-bond acceptors (Lipinski definition) is 5. The number of nitrogen functional groups attached to an aromatic ring is 1. The van der Waals surface area contributed by atoms with Crippen LogP contribution < -0.4 is 5.73 Å². The molecule has 1 aliphatic heterocycles. The fourth-order valence-corrected chi connectivity index (χ4v) is 3.29. The van der Waals surface area contributed by atoms with Crippen LogP contribution in [0.1, 0.15) is 35.5 Å². The van der Waals surface area contributed by atoms with E-state index in [0.717, 1.165) is 11.3 Å². The number of amides is 1. The molecule has 0 atom stereocenters. The highest BCUT2D eigenvalue weighted by molar-refractivity contribution is 6.14.